The molecule has 0 saturated heterocycles. The van der Waals surface area contributed by atoms with Gasteiger partial charge in [-0.1, -0.05) is 12.8 Å². The van der Waals surface area contributed by atoms with Gasteiger partial charge in [0.25, 0.3) is 5.56 Å². The molecule has 1 aliphatic rings. The number of aromatic nitrogens is 4. The van der Waals surface area contributed by atoms with Gasteiger partial charge in [-0.15, -0.1) is 0 Å². The fourth-order valence-corrected chi connectivity index (χ4v) is 2.73. The van der Waals surface area contributed by atoms with Crippen molar-refractivity contribution in [2.24, 2.45) is 0 Å². The summed E-state index contributed by atoms with van der Waals surface area (Å²) in [6, 6.07) is 0. The van der Waals surface area contributed by atoms with Crippen molar-refractivity contribution in [3.05, 3.63) is 26.7 Å². The van der Waals surface area contributed by atoms with E-state index >= 15 is 0 Å². The van der Waals surface area contributed by atoms with Crippen LogP contribution in [0.15, 0.2) is 9.59 Å². The molecule has 1 saturated carbocycles. The molecule has 2 N–H and O–H groups in total. The van der Waals surface area contributed by atoms with E-state index in [2.05, 4.69) is 15.0 Å². The molecule has 0 spiro atoms. The highest BCUT2D eigenvalue weighted by Gasteiger charge is 2.21. The summed E-state index contributed by atoms with van der Waals surface area (Å²) in [5.74, 6) is 1.22. The molecule has 6 nitrogen and oxygen atoms in total. The SMILES string of the molecule is O=c1[nH]c2nc(C3CCCC3)[nH]c2c(=O)n1I. The minimum absolute atomic E-state index is 0.332. The predicted octanol–water partition coefficient (Wildman–Crippen LogP) is 1.27. The lowest BCUT2D eigenvalue weighted by atomic mass is 10.1. The maximum absolute atomic E-state index is 11.8. The maximum Gasteiger partial charge on any atom is 0.339 e. The molecule has 0 unspecified atom stereocenters. The van der Waals surface area contributed by atoms with Crippen LogP contribution in [0.25, 0.3) is 11.2 Å². The summed E-state index contributed by atoms with van der Waals surface area (Å²) in [6.45, 7) is 0. The summed E-state index contributed by atoms with van der Waals surface area (Å²) in [6.07, 6.45) is 4.61. The molecule has 0 amide bonds. The van der Waals surface area contributed by atoms with Gasteiger partial charge >= 0.3 is 5.69 Å². The van der Waals surface area contributed by atoms with Gasteiger partial charge in [-0.25, -0.2) is 9.78 Å². The van der Waals surface area contributed by atoms with E-state index in [0.29, 0.717) is 17.1 Å². The number of aromatic amines is 2. The van der Waals surface area contributed by atoms with Gasteiger partial charge in [0.05, 0.1) is 22.9 Å². The average molecular weight is 346 g/mol. The van der Waals surface area contributed by atoms with Crippen LogP contribution >= 0.6 is 22.9 Å². The Hall–Kier alpha value is -1.12. The Labute approximate surface area is 110 Å². The monoisotopic (exact) mass is 346 g/mol. The molecular weight excluding hydrogens is 335 g/mol. The molecule has 0 radical (unpaired) electrons. The van der Waals surface area contributed by atoms with Crippen LogP contribution in [0.1, 0.15) is 37.4 Å². The first-order chi connectivity index (χ1) is 8.16. The third kappa shape index (κ3) is 1.72. The molecule has 0 aliphatic heterocycles. The predicted molar refractivity (Wildman–Crippen MR) is 71.6 cm³/mol. The fraction of sp³-hybridized carbons (Fsp3) is 0.500. The lowest BCUT2D eigenvalue weighted by Crippen LogP contribution is -2.28. The lowest BCUT2D eigenvalue weighted by molar-refractivity contribution is 0.681. The van der Waals surface area contributed by atoms with E-state index in [-0.39, 0.29) is 5.56 Å². The van der Waals surface area contributed by atoms with Gasteiger partial charge in [-0.05, 0) is 12.8 Å². The largest absolute Gasteiger partial charge is 0.339 e. The molecule has 17 heavy (non-hydrogen) atoms. The highest BCUT2D eigenvalue weighted by molar-refractivity contribution is 14.1. The Kier molecular flexibility index (Phi) is 2.57. The minimum Gasteiger partial charge on any atom is -0.336 e. The van der Waals surface area contributed by atoms with Gasteiger partial charge in [0, 0.05) is 5.92 Å². The molecule has 1 aliphatic carbocycles. The standard InChI is InChI=1S/C10H11IN4O2/c11-15-9(16)6-8(14-10(15)17)13-7(12-6)5-3-1-2-4-5/h5H,1-4H2,(H,12,13)(H,14,17). The van der Waals surface area contributed by atoms with Crippen LogP contribution in [0, 0.1) is 0 Å². The second-order valence-corrected chi connectivity index (χ2v) is 5.31. The summed E-state index contributed by atoms with van der Waals surface area (Å²) < 4.78 is 1.02. The molecule has 7 heteroatoms. The molecule has 0 aromatic carbocycles. The van der Waals surface area contributed by atoms with Crippen LogP contribution < -0.4 is 11.2 Å². The minimum atomic E-state index is -0.437. The van der Waals surface area contributed by atoms with Crippen molar-refractivity contribution in [3.63, 3.8) is 0 Å². The van der Waals surface area contributed by atoms with Crippen molar-refractivity contribution < 1.29 is 0 Å². The lowest BCUT2D eigenvalue weighted by Gasteiger charge is -2.02. The Balaban J connectivity index is 2.22. The molecule has 0 atom stereocenters. The van der Waals surface area contributed by atoms with E-state index in [1.807, 2.05) is 0 Å². The first-order valence-electron chi connectivity index (χ1n) is 5.58. The molecule has 90 valence electrons. The highest BCUT2D eigenvalue weighted by Crippen LogP contribution is 2.32. The number of imidazole rings is 1. The van der Waals surface area contributed by atoms with Crippen molar-refractivity contribution in [2.45, 2.75) is 31.6 Å². The second kappa shape index (κ2) is 3.97. The quantitative estimate of drug-likeness (QED) is 0.763. The van der Waals surface area contributed by atoms with E-state index in [1.165, 1.54) is 12.8 Å². The van der Waals surface area contributed by atoms with Crippen LogP contribution in [0.2, 0.25) is 0 Å². The van der Waals surface area contributed by atoms with Crippen LogP contribution in [-0.2, 0) is 0 Å². The highest BCUT2D eigenvalue weighted by atomic mass is 127. The summed E-state index contributed by atoms with van der Waals surface area (Å²) in [5, 5.41) is 0. The molecule has 1 fully saturated rings. The number of fused-ring (bicyclic) bond motifs is 1. The van der Waals surface area contributed by atoms with E-state index < -0.39 is 5.69 Å². The molecular formula is C10H11IN4O2. The number of nitrogens with zero attached hydrogens (tertiary/aromatic N) is 2. The van der Waals surface area contributed by atoms with Gasteiger partial charge in [0.15, 0.2) is 11.2 Å². The molecule has 3 rings (SSSR count). The van der Waals surface area contributed by atoms with Crippen LogP contribution in [-0.4, -0.2) is 17.7 Å². The first kappa shape index (κ1) is 11.0. The van der Waals surface area contributed by atoms with Crippen LogP contribution in [0.3, 0.4) is 0 Å². The van der Waals surface area contributed by atoms with E-state index in [9.17, 15) is 9.59 Å². The topological polar surface area (TPSA) is 83.5 Å². The normalized spacial score (nSPS) is 17.0. The van der Waals surface area contributed by atoms with Crippen molar-refractivity contribution in [1.82, 2.24) is 17.7 Å². The number of rotatable bonds is 1. The summed E-state index contributed by atoms with van der Waals surface area (Å²) in [5.41, 5.74) is -0.00983. The third-order valence-electron chi connectivity index (χ3n) is 3.26. The number of hydrogen-bond acceptors (Lipinski definition) is 3. The molecule has 2 aromatic heterocycles. The summed E-state index contributed by atoms with van der Waals surface area (Å²) in [7, 11) is 0. The Morgan fingerprint density at radius 3 is 2.65 bits per heavy atom. The van der Waals surface area contributed by atoms with Crippen LogP contribution in [0.5, 0.6) is 0 Å². The van der Waals surface area contributed by atoms with Gasteiger partial charge in [0.2, 0.25) is 0 Å². The van der Waals surface area contributed by atoms with Gasteiger partial charge in [-0.2, -0.15) is 2.78 Å². The summed E-state index contributed by atoms with van der Waals surface area (Å²) >= 11 is 1.69. The smallest absolute Gasteiger partial charge is 0.336 e. The van der Waals surface area contributed by atoms with E-state index in [4.69, 9.17) is 0 Å². The van der Waals surface area contributed by atoms with Gasteiger partial charge in [0.1, 0.15) is 5.82 Å². The zero-order valence-corrected chi connectivity index (χ0v) is 11.2. The number of H-pyrrole nitrogens is 2. The molecule has 0 bridgehead atoms. The van der Waals surface area contributed by atoms with Crippen LogP contribution in [0.4, 0.5) is 0 Å². The Bertz CT molecular complexity index is 678. The van der Waals surface area contributed by atoms with E-state index in [0.717, 1.165) is 21.4 Å². The maximum atomic E-state index is 11.8. The summed E-state index contributed by atoms with van der Waals surface area (Å²) in [4.78, 5) is 33.3. The third-order valence-corrected chi connectivity index (χ3v) is 4.14. The number of nitrogens with one attached hydrogen (secondary N) is 2. The van der Waals surface area contributed by atoms with Crippen molar-refractivity contribution in [1.29, 1.82) is 0 Å². The Morgan fingerprint density at radius 1 is 1.24 bits per heavy atom. The fourth-order valence-electron chi connectivity index (χ4n) is 2.37. The average Bonchev–Trinajstić information content (AvgIpc) is 2.93. The number of hydrogen-bond donors (Lipinski definition) is 2. The van der Waals surface area contributed by atoms with Crippen molar-refractivity contribution in [2.75, 3.05) is 0 Å². The zero-order valence-electron chi connectivity index (χ0n) is 8.99. The molecule has 2 aromatic rings. The zero-order chi connectivity index (χ0) is 12.0. The van der Waals surface area contributed by atoms with Crippen molar-refractivity contribution in [3.8, 4) is 0 Å². The van der Waals surface area contributed by atoms with Gasteiger partial charge < -0.3 is 4.98 Å². The first-order valence-corrected chi connectivity index (χ1v) is 6.54. The molecule has 2 heterocycles. The van der Waals surface area contributed by atoms with E-state index in [1.54, 1.807) is 22.9 Å². The second-order valence-electron chi connectivity index (χ2n) is 4.34. The number of halogens is 1. The Morgan fingerprint density at radius 2 is 1.94 bits per heavy atom. The van der Waals surface area contributed by atoms with Gasteiger partial charge in [-0.3, -0.25) is 9.78 Å². The van der Waals surface area contributed by atoms with Crippen molar-refractivity contribution >= 4 is 34.0 Å².